The van der Waals surface area contributed by atoms with Crippen molar-refractivity contribution in [1.29, 1.82) is 0 Å². The molecule has 4 heterocycles. The summed E-state index contributed by atoms with van der Waals surface area (Å²) in [4.78, 5) is 5.31. The quantitative estimate of drug-likeness (QED) is 0.537. The lowest BCUT2D eigenvalue weighted by Gasteiger charge is -2.65. The van der Waals surface area contributed by atoms with E-state index in [1.807, 2.05) is 0 Å². The molecule has 5 unspecified atom stereocenters. The van der Waals surface area contributed by atoms with Crippen molar-refractivity contribution in [1.82, 2.24) is 14.0 Å². The summed E-state index contributed by atoms with van der Waals surface area (Å²) >= 11 is 0. The van der Waals surface area contributed by atoms with E-state index in [1.165, 1.54) is 48.6 Å². The lowest BCUT2D eigenvalue weighted by molar-refractivity contribution is -0.131. The van der Waals surface area contributed by atoms with E-state index in [4.69, 9.17) is 4.98 Å². The number of aromatic nitrogens is 1. The molecule has 5 atom stereocenters. The maximum atomic E-state index is 5.31. The van der Waals surface area contributed by atoms with Crippen LogP contribution >= 0.6 is 0 Å². The first kappa shape index (κ1) is 19.3. The molecule has 5 rings (SSSR count). The van der Waals surface area contributed by atoms with Crippen molar-refractivity contribution in [3.8, 4) is 0 Å². The molecule has 3 heteroatoms. The molecular weight excluding hydrogens is 354 g/mol. The molecule has 1 saturated heterocycles. The summed E-state index contributed by atoms with van der Waals surface area (Å²) in [7, 11) is 2.46. The Kier molecular flexibility index (Phi) is 3.93. The van der Waals surface area contributed by atoms with Gasteiger partial charge in [-0.1, -0.05) is 52.3 Å². The Hall–Kier alpha value is -1.71. The predicted octanol–water partition coefficient (Wildman–Crippen LogP) is 6.41. The zero-order valence-electron chi connectivity index (χ0n) is 19.1. The summed E-state index contributed by atoms with van der Waals surface area (Å²) in [6.07, 6.45) is 6.45. The number of quaternary nitrogens is 2. The Labute approximate surface area is 176 Å². The first-order chi connectivity index (χ1) is 13.8. The average Bonchev–Trinajstić information content (AvgIpc) is 3.12. The smallest absolute Gasteiger partial charge is 0.196 e. The Morgan fingerprint density at radius 3 is 2.45 bits per heavy atom. The van der Waals surface area contributed by atoms with E-state index >= 15 is 0 Å². The fourth-order valence-corrected chi connectivity index (χ4v) is 7.51. The molecule has 2 bridgehead atoms. The van der Waals surface area contributed by atoms with Crippen LogP contribution in [0.2, 0.25) is 0 Å². The fourth-order valence-electron chi connectivity index (χ4n) is 7.51. The van der Waals surface area contributed by atoms with Crippen molar-refractivity contribution in [2.24, 2.45) is 5.41 Å². The molecule has 3 nitrogen and oxygen atoms in total. The summed E-state index contributed by atoms with van der Waals surface area (Å²) in [6.45, 7) is 13.3. The lowest BCUT2D eigenvalue weighted by Crippen LogP contribution is -2.87. The molecule has 1 aromatic carbocycles. The second-order valence-electron chi connectivity index (χ2n) is 10.4. The van der Waals surface area contributed by atoms with E-state index in [2.05, 4.69) is 78.1 Å². The van der Waals surface area contributed by atoms with E-state index in [0.29, 0.717) is 6.17 Å². The third-order valence-corrected chi connectivity index (χ3v) is 9.29. The topological polar surface area (TPSA) is 12.9 Å². The highest BCUT2D eigenvalue weighted by molar-refractivity contribution is 5.84. The van der Waals surface area contributed by atoms with E-state index in [-0.39, 0.29) is 10.8 Å². The van der Waals surface area contributed by atoms with Crippen LogP contribution in [0.25, 0.3) is 0 Å². The summed E-state index contributed by atoms with van der Waals surface area (Å²) in [5.74, 6) is 1.35. The van der Waals surface area contributed by atoms with Gasteiger partial charge in [0.15, 0.2) is 5.69 Å². The van der Waals surface area contributed by atoms with Crippen LogP contribution in [-0.4, -0.2) is 24.9 Å². The summed E-state index contributed by atoms with van der Waals surface area (Å²) in [6, 6.07) is 14.1. The number of hydrogen-bond donors (Lipinski definition) is 0. The van der Waals surface area contributed by atoms with E-state index in [1.54, 1.807) is 5.56 Å². The van der Waals surface area contributed by atoms with Crippen LogP contribution in [0.3, 0.4) is 0 Å². The van der Waals surface area contributed by atoms with Crippen molar-refractivity contribution in [2.45, 2.75) is 78.3 Å². The van der Waals surface area contributed by atoms with Gasteiger partial charge in [0.2, 0.25) is 18.5 Å². The van der Waals surface area contributed by atoms with Gasteiger partial charge in [-0.3, -0.25) is 0 Å². The van der Waals surface area contributed by atoms with Crippen molar-refractivity contribution in [3.63, 3.8) is 0 Å². The lowest BCUT2D eigenvalue weighted by atomic mass is 9.53. The van der Waals surface area contributed by atoms with Crippen molar-refractivity contribution >= 4 is 17.2 Å². The van der Waals surface area contributed by atoms with E-state index < -0.39 is 0 Å². The monoisotopic (exact) mass is 391 g/mol. The van der Waals surface area contributed by atoms with Gasteiger partial charge in [0, 0.05) is 28.8 Å². The number of hydrogen-bond acceptors (Lipinski definition) is 1. The SMILES string of the molecule is CCCCc1ccc2c(n1)[N+]1(C)C[N+]23c2ccccc2C(C)(CC)C(C)(CC)C13. The minimum atomic E-state index is 0.178. The number of nitrogens with zero attached hydrogens (tertiary/aromatic N) is 3. The Morgan fingerprint density at radius 1 is 1.00 bits per heavy atom. The molecule has 2 aromatic rings. The van der Waals surface area contributed by atoms with Gasteiger partial charge in [-0.2, -0.15) is 14.0 Å². The van der Waals surface area contributed by atoms with E-state index in [0.717, 1.165) is 22.1 Å². The van der Waals surface area contributed by atoms with Crippen LogP contribution < -0.4 is 8.97 Å². The maximum Gasteiger partial charge on any atom is 0.300 e. The molecule has 0 saturated carbocycles. The third kappa shape index (κ3) is 1.95. The van der Waals surface area contributed by atoms with Crippen LogP contribution in [0.4, 0.5) is 17.2 Å². The van der Waals surface area contributed by atoms with Gasteiger partial charge in [-0.25, -0.2) is 0 Å². The maximum absolute atomic E-state index is 5.31. The van der Waals surface area contributed by atoms with Gasteiger partial charge >= 0.3 is 0 Å². The number of rotatable bonds is 5. The number of unbranched alkanes of at least 4 members (excludes halogenated alkanes) is 1. The summed E-state index contributed by atoms with van der Waals surface area (Å²) < 4.78 is 2.02. The van der Waals surface area contributed by atoms with Crippen LogP contribution in [0, 0.1) is 5.41 Å². The first-order valence-electron chi connectivity index (χ1n) is 11.7. The van der Waals surface area contributed by atoms with Crippen LogP contribution in [0.5, 0.6) is 0 Å². The van der Waals surface area contributed by atoms with Gasteiger partial charge in [0.05, 0.1) is 12.5 Å². The Bertz CT molecular complexity index is 984. The number of para-hydroxylation sites is 1. The van der Waals surface area contributed by atoms with Gasteiger partial charge in [0.25, 0.3) is 5.82 Å². The predicted molar refractivity (Wildman–Crippen MR) is 123 cm³/mol. The minimum Gasteiger partial charge on any atom is -0.196 e. The van der Waals surface area contributed by atoms with E-state index in [9.17, 15) is 0 Å². The third-order valence-electron chi connectivity index (χ3n) is 9.29. The van der Waals surface area contributed by atoms with Gasteiger partial charge in [-0.05, 0) is 38.7 Å². The highest BCUT2D eigenvalue weighted by atomic mass is 15.8. The second-order valence-corrected chi connectivity index (χ2v) is 10.4. The largest absolute Gasteiger partial charge is 0.300 e. The van der Waals surface area contributed by atoms with Crippen LogP contribution in [0.1, 0.15) is 71.6 Å². The fraction of sp³-hybridized carbons (Fsp3) is 0.577. The highest BCUT2D eigenvalue weighted by Crippen LogP contribution is 2.72. The first-order valence-corrected chi connectivity index (χ1v) is 11.7. The molecule has 0 amide bonds. The normalized spacial score (nSPS) is 38.8. The molecule has 3 aliphatic rings. The molecule has 0 radical (unpaired) electrons. The Balaban J connectivity index is 1.78. The molecule has 29 heavy (non-hydrogen) atoms. The number of pyridine rings is 1. The number of benzene rings is 1. The molecule has 0 aliphatic carbocycles. The van der Waals surface area contributed by atoms with Crippen LogP contribution in [0.15, 0.2) is 36.4 Å². The zero-order chi connectivity index (χ0) is 20.7. The second kappa shape index (κ2) is 5.92. The summed E-state index contributed by atoms with van der Waals surface area (Å²) in [5, 5.41) is 0. The van der Waals surface area contributed by atoms with Gasteiger partial charge < -0.3 is 0 Å². The van der Waals surface area contributed by atoms with Gasteiger partial charge in [0.1, 0.15) is 0 Å². The molecule has 0 N–H and O–H groups in total. The molecule has 3 aliphatic heterocycles. The average molecular weight is 392 g/mol. The van der Waals surface area contributed by atoms with Crippen LogP contribution in [-0.2, 0) is 11.8 Å². The van der Waals surface area contributed by atoms with Crippen molar-refractivity contribution in [3.05, 3.63) is 47.7 Å². The highest BCUT2D eigenvalue weighted by Gasteiger charge is 2.85. The standard InChI is InChI=1S/C26H37N3/c1-7-10-13-19-16-17-22-23(27-19)28(6)18-29(22)21-15-12-11-14-20(21)25(4,8-2)26(5,9-3)24(28)29/h11-12,14-17,24H,7-10,13,18H2,1-6H3/q+2. The summed E-state index contributed by atoms with van der Waals surface area (Å²) in [5.41, 5.74) is 6.23. The minimum absolute atomic E-state index is 0.178. The van der Waals surface area contributed by atoms with Crippen molar-refractivity contribution < 1.29 is 0 Å². The Morgan fingerprint density at radius 2 is 1.76 bits per heavy atom. The number of fused-ring (bicyclic) bond motifs is 3. The molecule has 1 aromatic heterocycles. The number of aryl methyl sites for hydroxylation is 1. The van der Waals surface area contributed by atoms with Crippen molar-refractivity contribution in [2.75, 3.05) is 13.7 Å². The molecular formula is C26H37N3+2. The van der Waals surface area contributed by atoms with Gasteiger partial charge in [-0.15, -0.1) is 0 Å². The molecule has 154 valence electrons. The zero-order valence-corrected chi connectivity index (χ0v) is 19.1. The molecule has 1 fully saturated rings. The molecule has 0 spiro atoms.